The van der Waals surface area contributed by atoms with E-state index in [-0.39, 0.29) is 42.2 Å². The van der Waals surface area contributed by atoms with Crippen molar-refractivity contribution in [3.05, 3.63) is 23.9 Å². The molecule has 0 bridgehead atoms. The number of guanidine groups is 1. The van der Waals surface area contributed by atoms with E-state index in [1.165, 1.54) is 12.8 Å². The number of hydrogen-bond acceptors (Lipinski definition) is 7. The smallest absolute Gasteiger partial charge is 0.410 e. The van der Waals surface area contributed by atoms with E-state index in [4.69, 9.17) is 9.47 Å². The van der Waals surface area contributed by atoms with Crippen molar-refractivity contribution >= 4 is 36.0 Å². The molecule has 1 saturated carbocycles. The molecule has 1 saturated heterocycles. The van der Waals surface area contributed by atoms with Gasteiger partial charge in [0.05, 0.1) is 12.6 Å². The number of ether oxygens (including phenoxy) is 2. The minimum Gasteiger partial charge on any atom is -0.474 e. The highest BCUT2D eigenvalue weighted by Crippen LogP contribution is 2.25. The zero-order valence-corrected chi connectivity index (χ0v) is 21.0. The number of carbonyl (C=O) groups excluding carboxylic acids is 1. The van der Waals surface area contributed by atoms with Gasteiger partial charge in [-0.2, -0.15) is 0 Å². The molecule has 1 atom stereocenters. The quantitative estimate of drug-likeness (QED) is 0.587. The summed E-state index contributed by atoms with van der Waals surface area (Å²) in [7, 11) is 0. The van der Waals surface area contributed by atoms with Crippen LogP contribution >= 0.6 is 24.0 Å². The number of piperazine rings is 1. The van der Waals surface area contributed by atoms with Crippen molar-refractivity contribution in [2.24, 2.45) is 4.99 Å². The Labute approximate surface area is 201 Å². The van der Waals surface area contributed by atoms with Crippen LogP contribution in [0.3, 0.4) is 0 Å². The molecule has 0 aromatic carbocycles. The fraction of sp³-hybridized carbons (Fsp3) is 0.682. The van der Waals surface area contributed by atoms with Gasteiger partial charge in [-0.1, -0.05) is 6.07 Å². The summed E-state index contributed by atoms with van der Waals surface area (Å²) in [6.45, 7) is 8.99. The second kappa shape index (κ2) is 10.2. The maximum absolute atomic E-state index is 12.4. The van der Waals surface area contributed by atoms with Crippen LogP contribution in [-0.2, 0) is 11.3 Å². The zero-order chi connectivity index (χ0) is 21.1. The molecule has 8 nitrogen and oxygen atoms in total. The van der Waals surface area contributed by atoms with E-state index < -0.39 is 5.60 Å². The van der Waals surface area contributed by atoms with Gasteiger partial charge in [-0.05, 0) is 52.5 Å². The number of nitrogens with zero attached hydrogens (tertiary/aromatic N) is 4. The first-order chi connectivity index (χ1) is 14.4. The maximum Gasteiger partial charge on any atom is 0.410 e. The molecule has 1 aromatic rings. The first-order valence-electron chi connectivity index (χ1n) is 11.0. The molecule has 4 rings (SSSR count). The average molecular weight is 543 g/mol. The molecule has 2 aliphatic heterocycles. The normalized spacial score (nSPS) is 21.3. The summed E-state index contributed by atoms with van der Waals surface area (Å²) in [5.74, 6) is 1.61. The van der Waals surface area contributed by atoms with Gasteiger partial charge in [-0.25, -0.2) is 9.78 Å². The summed E-state index contributed by atoms with van der Waals surface area (Å²) in [5.41, 5.74) is 0.567. The number of carbonyl (C=O) groups is 1. The fourth-order valence-corrected chi connectivity index (χ4v) is 4.23. The maximum atomic E-state index is 12.4. The highest BCUT2D eigenvalue weighted by molar-refractivity contribution is 14.0. The van der Waals surface area contributed by atoms with Crippen LogP contribution in [0.4, 0.5) is 4.79 Å². The molecule has 0 spiro atoms. The molecule has 9 heteroatoms. The standard InChI is InChI=1S/C22H33N5O3.HI/c1-22(2,3)30-21(28)26-11-12-27-17(15-26)14-25-20(27)24-13-16-7-6-10-23-19(16)29-18-8-4-5-9-18;/h6-7,10,17-18H,4-5,8-9,11-15H2,1-3H3,(H,24,25);1H. The Morgan fingerprint density at radius 1 is 1.26 bits per heavy atom. The topological polar surface area (TPSA) is 79.3 Å². The Kier molecular flexibility index (Phi) is 7.87. The number of aliphatic imine (C=N–C) groups is 1. The van der Waals surface area contributed by atoms with Crippen LogP contribution in [0.15, 0.2) is 23.3 Å². The van der Waals surface area contributed by atoms with Crippen molar-refractivity contribution in [3.63, 3.8) is 0 Å². The van der Waals surface area contributed by atoms with Crippen molar-refractivity contribution in [2.75, 3.05) is 26.2 Å². The lowest BCUT2D eigenvalue weighted by atomic mass is 10.2. The number of fused-ring (bicyclic) bond motifs is 1. The predicted octanol–water partition coefficient (Wildman–Crippen LogP) is 3.40. The molecule has 172 valence electrons. The molecule has 1 amide bonds. The Morgan fingerprint density at radius 3 is 2.77 bits per heavy atom. The number of amides is 1. The van der Waals surface area contributed by atoms with Crippen molar-refractivity contribution in [1.82, 2.24) is 20.1 Å². The predicted molar refractivity (Wildman–Crippen MR) is 130 cm³/mol. The summed E-state index contributed by atoms with van der Waals surface area (Å²) in [6, 6.07) is 4.19. The summed E-state index contributed by atoms with van der Waals surface area (Å²) in [6.07, 6.45) is 6.52. The minimum atomic E-state index is -0.477. The lowest BCUT2D eigenvalue weighted by molar-refractivity contribution is 0.0137. The second-order valence-electron chi connectivity index (χ2n) is 9.28. The third kappa shape index (κ3) is 6.14. The van der Waals surface area contributed by atoms with Crippen LogP contribution in [0.5, 0.6) is 5.88 Å². The van der Waals surface area contributed by atoms with Crippen molar-refractivity contribution in [1.29, 1.82) is 0 Å². The van der Waals surface area contributed by atoms with Crippen LogP contribution in [0.1, 0.15) is 52.0 Å². The SMILES string of the molecule is CC(C)(C)OC(=O)N1CCN2C(NCc3cccnc3OC3CCCC3)=NCC2C1.I. The minimum absolute atomic E-state index is 0. The number of halogens is 1. The van der Waals surface area contributed by atoms with E-state index in [2.05, 4.69) is 26.3 Å². The molecule has 3 heterocycles. The second-order valence-corrected chi connectivity index (χ2v) is 9.28. The van der Waals surface area contributed by atoms with Gasteiger partial charge in [0, 0.05) is 37.9 Å². The first kappa shape index (κ1) is 23.9. The van der Waals surface area contributed by atoms with Gasteiger partial charge < -0.3 is 24.6 Å². The van der Waals surface area contributed by atoms with Gasteiger partial charge in [-0.3, -0.25) is 4.99 Å². The van der Waals surface area contributed by atoms with Gasteiger partial charge in [-0.15, -0.1) is 24.0 Å². The summed E-state index contributed by atoms with van der Waals surface area (Å²) < 4.78 is 11.7. The number of nitrogens with one attached hydrogen (secondary N) is 1. The molecular weight excluding hydrogens is 509 g/mol. The van der Waals surface area contributed by atoms with E-state index >= 15 is 0 Å². The molecule has 2 fully saturated rings. The van der Waals surface area contributed by atoms with Crippen LogP contribution in [0, 0.1) is 0 Å². The van der Waals surface area contributed by atoms with E-state index in [9.17, 15) is 4.79 Å². The third-order valence-corrected chi connectivity index (χ3v) is 5.73. The number of rotatable bonds is 4. The Hall–Kier alpha value is -1.78. The monoisotopic (exact) mass is 543 g/mol. The lowest BCUT2D eigenvalue weighted by Crippen LogP contribution is -2.57. The van der Waals surface area contributed by atoms with E-state index in [0.717, 1.165) is 36.8 Å². The highest BCUT2D eigenvalue weighted by atomic mass is 127. The molecule has 1 aromatic heterocycles. The third-order valence-electron chi connectivity index (χ3n) is 5.73. The Morgan fingerprint density at radius 2 is 2.03 bits per heavy atom. The van der Waals surface area contributed by atoms with Gasteiger partial charge in [0.15, 0.2) is 5.96 Å². The summed E-state index contributed by atoms with van der Waals surface area (Å²) >= 11 is 0. The van der Waals surface area contributed by atoms with Crippen LogP contribution in [0.2, 0.25) is 0 Å². The summed E-state index contributed by atoms with van der Waals surface area (Å²) in [4.78, 5) is 25.6. The van der Waals surface area contributed by atoms with Gasteiger partial charge in [0.1, 0.15) is 11.7 Å². The van der Waals surface area contributed by atoms with Gasteiger partial charge in [0.25, 0.3) is 0 Å². The summed E-state index contributed by atoms with van der Waals surface area (Å²) in [5, 5.41) is 3.47. The van der Waals surface area contributed by atoms with Crippen LogP contribution < -0.4 is 10.1 Å². The molecular formula is C22H34IN5O3. The van der Waals surface area contributed by atoms with Crippen molar-refractivity contribution in [3.8, 4) is 5.88 Å². The van der Waals surface area contributed by atoms with Gasteiger partial charge >= 0.3 is 6.09 Å². The van der Waals surface area contributed by atoms with Crippen molar-refractivity contribution < 1.29 is 14.3 Å². The average Bonchev–Trinajstić information content (AvgIpc) is 3.35. The van der Waals surface area contributed by atoms with Gasteiger partial charge in [0.2, 0.25) is 5.88 Å². The largest absolute Gasteiger partial charge is 0.474 e. The Balaban J connectivity index is 0.00000272. The molecule has 1 N–H and O–H groups in total. The molecule has 3 aliphatic rings. The zero-order valence-electron chi connectivity index (χ0n) is 18.7. The van der Waals surface area contributed by atoms with E-state index in [1.54, 1.807) is 11.1 Å². The first-order valence-corrected chi connectivity index (χ1v) is 11.0. The van der Waals surface area contributed by atoms with Crippen LogP contribution in [-0.4, -0.2) is 70.8 Å². The molecule has 1 unspecified atom stereocenters. The van der Waals surface area contributed by atoms with Crippen LogP contribution in [0.25, 0.3) is 0 Å². The molecule has 31 heavy (non-hydrogen) atoms. The van der Waals surface area contributed by atoms with E-state index in [1.807, 2.05) is 26.8 Å². The van der Waals surface area contributed by atoms with E-state index in [0.29, 0.717) is 26.2 Å². The number of pyridine rings is 1. The highest BCUT2D eigenvalue weighted by Gasteiger charge is 2.36. The number of hydrogen-bond donors (Lipinski definition) is 1. The van der Waals surface area contributed by atoms with Crippen molar-refractivity contribution in [2.45, 2.75) is 70.7 Å². The Bertz CT molecular complexity index is 792. The number of aromatic nitrogens is 1. The molecule has 0 radical (unpaired) electrons. The fourth-order valence-electron chi connectivity index (χ4n) is 4.23. The lowest BCUT2D eigenvalue weighted by Gasteiger charge is -2.39. The molecule has 1 aliphatic carbocycles.